The highest BCUT2D eigenvalue weighted by Crippen LogP contribution is 2.22. The van der Waals surface area contributed by atoms with Gasteiger partial charge < -0.3 is 14.5 Å². The first-order valence-corrected chi connectivity index (χ1v) is 9.30. The topological polar surface area (TPSA) is 85.6 Å². The summed E-state index contributed by atoms with van der Waals surface area (Å²) < 4.78 is 10.7. The van der Waals surface area contributed by atoms with Crippen LogP contribution in [0.4, 0.5) is 5.69 Å². The Hall–Kier alpha value is -3.41. The standard InChI is InChI=1S/C23H23NO5/c1-12-6-7-19-17(10-12)18(25)11-20(29-19)23(27)28-16(5)22(26)24-21-14(3)8-13(2)9-15(21)4/h6-11,16H,1-5H3,(H,24,26)/t16-/m0/s1. The summed E-state index contributed by atoms with van der Waals surface area (Å²) in [7, 11) is 0. The lowest BCUT2D eigenvalue weighted by Gasteiger charge is -2.16. The monoisotopic (exact) mass is 393 g/mol. The van der Waals surface area contributed by atoms with Gasteiger partial charge in [-0.1, -0.05) is 29.3 Å². The van der Waals surface area contributed by atoms with Gasteiger partial charge in [0.2, 0.25) is 5.76 Å². The Balaban J connectivity index is 1.77. The van der Waals surface area contributed by atoms with Crippen LogP contribution in [0.25, 0.3) is 11.0 Å². The molecule has 0 saturated carbocycles. The Bertz CT molecular complexity index is 1150. The molecule has 0 spiro atoms. The van der Waals surface area contributed by atoms with Crippen LogP contribution in [0.2, 0.25) is 0 Å². The molecular formula is C23H23NO5. The molecule has 0 aliphatic rings. The number of rotatable bonds is 4. The number of hydrogen-bond donors (Lipinski definition) is 1. The number of esters is 1. The normalized spacial score (nSPS) is 11.9. The molecule has 1 aromatic heterocycles. The Morgan fingerprint density at radius 2 is 1.62 bits per heavy atom. The van der Waals surface area contributed by atoms with Crippen LogP contribution < -0.4 is 10.7 Å². The summed E-state index contributed by atoms with van der Waals surface area (Å²) in [6.45, 7) is 9.11. The Morgan fingerprint density at radius 1 is 0.966 bits per heavy atom. The molecule has 1 heterocycles. The molecule has 0 fully saturated rings. The Labute approximate surface area is 168 Å². The summed E-state index contributed by atoms with van der Waals surface area (Å²) >= 11 is 0. The number of hydrogen-bond acceptors (Lipinski definition) is 5. The molecule has 0 unspecified atom stereocenters. The van der Waals surface area contributed by atoms with Crippen molar-refractivity contribution in [2.24, 2.45) is 0 Å². The number of ether oxygens (including phenoxy) is 1. The van der Waals surface area contributed by atoms with E-state index >= 15 is 0 Å². The maximum Gasteiger partial charge on any atom is 0.375 e. The highest BCUT2D eigenvalue weighted by atomic mass is 16.6. The van der Waals surface area contributed by atoms with Crippen molar-refractivity contribution >= 4 is 28.5 Å². The molecule has 3 rings (SSSR count). The SMILES string of the molecule is Cc1cc(C)c(NC(=O)[C@H](C)OC(=O)c2cc(=O)c3cc(C)ccc3o2)c(C)c1. The molecule has 0 radical (unpaired) electrons. The number of nitrogens with one attached hydrogen (secondary N) is 1. The Kier molecular flexibility index (Phi) is 5.55. The fourth-order valence-electron chi connectivity index (χ4n) is 3.24. The lowest BCUT2D eigenvalue weighted by Crippen LogP contribution is -2.30. The predicted octanol–water partition coefficient (Wildman–Crippen LogP) is 4.21. The van der Waals surface area contributed by atoms with Gasteiger partial charge in [0.1, 0.15) is 5.58 Å². The first-order chi connectivity index (χ1) is 13.7. The Morgan fingerprint density at radius 3 is 2.28 bits per heavy atom. The minimum absolute atomic E-state index is 0.242. The lowest BCUT2D eigenvalue weighted by molar-refractivity contribution is -0.123. The highest BCUT2D eigenvalue weighted by Gasteiger charge is 2.22. The first-order valence-electron chi connectivity index (χ1n) is 9.30. The van der Waals surface area contributed by atoms with Gasteiger partial charge >= 0.3 is 5.97 Å². The molecule has 6 nitrogen and oxygen atoms in total. The van der Waals surface area contributed by atoms with Gasteiger partial charge in [0.15, 0.2) is 11.5 Å². The van der Waals surface area contributed by atoms with Crippen molar-refractivity contribution in [3.05, 3.63) is 74.6 Å². The molecule has 29 heavy (non-hydrogen) atoms. The predicted molar refractivity (Wildman–Crippen MR) is 111 cm³/mol. The molecule has 0 aliphatic carbocycles. The fourth-order valence-corrected chi connectivity index (χ4v) is 3.24. The van der Waals surface area contributed by atoms with E-state index in [1.54, 1.807) is 18.2 Å². The van der Waals surface area contributed by atoms with Gasteiger partial charge in [-0.25, -0.2) is 4.79 Å². The molecule has 1 atom stereocenters. The maximum atomic E-state index is 12.5. The number of amides is 1. The van der Waals surface area contributed by atoms with E-state index in [4.69, 9.17) is 9.15 Å². The summed E-state index contributed by atoms with van der Waals surface area (Å²) in [6.07, 6.45) is -1.07. The average molecular weight is 393 g/mol. The van der Waals surface area contributed by atoms with Gasteiger partial charge in [-0.3, -0.25) is 9.59 Å². The molecule has 150 valence electrons. The smallest absolute Gasteiger partial charge is 0.375 e. The average Bonchev–Trinajstić information content (AvgIpc) is 2.64. The number of carbonyl (C=O) groups excluding carboxylic acids is 2. The van der Waals surface area contributed by atoms with Gasteiger partial charge in [0, 0.05) is 11.8 Å². The summed E-state index contributed by atoms with van der Waals surface area (Å²) in [4.78, 5) is 37.2. The molecule has 6 heteroatoms. The zero-order valence-electron chi connectivity index (χ0n) is 17.1. The minimum atomic E-state index is -1.07. The zero-order chi connectivity index (χ0) is 21.3. The largest absolute Gasteiger partial charge is 0.449 e. The van der Waals surface area contributed by atoms with Crippen molar-refractivity contribution in [3.8, 4) is 0 Å². The second-order valence-electron chi connectivity index (χ2n) is 7.29. The number of fused-ring (bicyclic) bond motifs is 1. The first kappa shape index (κ1) is 20.3. The number of anilines is 1. The van der Waals surface area contributed by atoms with E-state index in [1.165, 1.54) is 6.92 Å². The van der Waals surface area contributed by atoms with Crippen molar-refractivity contribution < 1.29 is 18.7 Å². The quantitative estimate of drug-likeness (QED) is 0.671. The number of carbonyl (C=O) groups is 2. The van der Waals surface area contributed by atoms with Gasteiger partial charge in [0.25, 0.3) is 5.91 Å². The second kappa shape index (κ2) is 7.91. The maximum absolute atomic E-state index is 12.5. The van der Waals surface area contributed by atoms with Crippen LogP contribution in [0.3, 0.4) is 0 Å². The lowest BCUT2D eigenvalue weighted by atomic mass is 10.0. The minimum Gasteiger partial charge on any atom is -0.449 e. The van der Waals surface area contributed by atoms with Crippen LogP contribution >= 0.6 is 0 Å². The van der Waals surface area contributed by atoms with Crippen molar-refractivity contribution in [2.75, 3.05) is 5.32 Å². The highest BCUT2D eigenvalue weighted by molar-refractivity contribution is 5.98. The van der Waals surface area contributed by atoms with Crippen LogP contribution in [0, 0.1) is 27.7 Å². The molecule has 3 aromatic rings. The molecule has 0 saturated heterocycles. The van der Waals surface area contributed by atoms with Crippen LogP contribution in [-0.4, -0.2) is 18.0 Å². The van der Waals surface area contributed by atoms with Crippen LogP contribution in [0.1, 0.15) is 39.7 Å². The zero-order valence-corrected chi connectivity index (χ0v) is 17.1. The molecular weight excluding hydrogens is 370 g/mol. The summed E-state index contributed by atoms with van der Waals surface area (Å²) in [6, 6.07) is 10.1. The number of benzene rings is 2. The second-order valence-corrected chi connectivity index (χ2v) is 7.29. The summed E-state index contributed by atoms with van der Waals surface area (Å²) in [5.41, 5.74) is 4.49. The van der Waals surface area contributed by atoms with Crippen LogP contribution in [0.5, 0.6) is 0 Å². The van der Waals surface area contributed by atoms with E-state index in [0.29, 0.717) is 11.1 Å². The van der Waals surface area contributed by atoms with E-state index in [1.807, 2.05) is 39.8 Å². The third kappa shape index (κ3) is 4.37. The van der Waals surface area contributed by atoms with Crippen molar-refractivity contribution in [2.45, 2.75) is 40.7 Å². The van der Waals surface area contributed by atoms with Gasteiger partial charge in [-0.05, 0) is 57.9 Å². The number of aryl methyl sites for hydroxylation is 4. The molecule has 2 aromatic carbocycles. The van der Waals surface area contributed by atoms with Crippen molar-refractivity contribution in [3.63, 3.8) is 0 Å². The third-order valence-electron chi connectivity index (χ3n) is 4.66. The van der Waals surface area contributed by atoms with Crippen molar-refractivity contribution in [1.82, 2.24) is 0 Å². The van der Waals surface area contributed by atoms with Crippen LogP contribution in [0.15, 0.2) is 45.6 Å². The van der Waals surface area contributed by atoms with E-state index in [-0.39, 0.29) is 16.8 Å². The molecule has 0 aliphatic heterocycles. The van der Waals surface area contributed by atoms with Crippen molar-refractivity contribution in [1.29, 1.82) is 0 Å². The van der Waals surface area contributed by atoms with Crippen LogP contribution in [-0.2, 0) is 9.53 Å². The van der Waals surface area contributed by atoms with Gasteiger partial charge in [-0.2, -0.15) is 0 Å². The van der Waals surface area contributed by atoms with E-state index < -0.39 is 18.0 Å². The molecule has 1 N–H and O–H groups in total. The molecule has 0 bridgehead atoms. The summed E-state index contributed by atoms with van der Waals surface area (Å²) in [5, 5.41) is 3.19. The van der Waals surface area contributed by atoms with E-state index in [2.05, 4.69) is 5.32 Å². The third-order valence-corrected chi connectivity index (χ3v) is 4.66. The van der Waals surface area contributed by atoms with Gasteiger partial charge in [-0.15, -0.1) is 0 Å². The van der Waals surface area contributed by atoms with E-state index in [9.17, 15) is 14.4 Å². The summed E-state index contributed by atoms with van der Waals surface area (Å²) in [5.74, 6) is -1.58. The van der Waals surface area contributed by atoms with Gasteiger partial charge in [0.05, 0.1) is 5.39 Å². The fraction of sp³-hybridized carbons (Fsp3) is 0.261. The molecule has 1 amide bonds. The van der Waals surface area contributed by atoms with E-state index in [0.717, 1.165) is 28.3 Å².